The summed E-state index contributed by atoms with van der Waals surface area (Å²) < 4.78 is 5.72. The molecule has 2 aromatic rings. The van der Waals surface area contributed by atoms with Gasteiger partial charge in [-0.2, -0.15) is 0 Å². The van der Waals surface area contributed by atoms with Crippen molar-refractivity contribution < 1.29 is 9.53 Å². The second kappa shape index (κ2) is 7.73. The number of halogens is 1. The Kier molecular flexibility index (Phi) is 5.43. The van der Waals surface area contributed by atoms with Crippen molar-refractivity contribution in [2.45, 2.75) is 18.8 Å². The van der Waals surface area contributed by atoms with E-state index in [4.69, 9.17) is 22.1 Å². The third-order valence-corrected chi connectivity index (χ3v) is 4.82. The van der Waals surface area contributed by atoms with Crippen molar-refractivity contribution in [3.05, 3.63) is 59.1 Å². The number of carbonyl (C=O) groups excluding carboxylic acids is 1. The van der Waals surface area contributed by atoms with Crippen LogP contribution in [0.1, 0.15) is 30.0 Å². The first-order valence-electron chi connectivity index (χ1n) is 8.02. The maximum atomic E-state index is 11.5. The minimum atomic E-state index is -0.277. The monoisotopic (exact) mass is 345 g/mol. The molecule has 0 bridgehead atoms. The normalized spacial score (nSPS) is 22.0. The van der Waals surface area contributed by atoms with Crippen molar-refractivity contribution in [3.63, 3.8) is 0 Å². The number of nitrogens with two attached hydrogens (primary N) is 1. The van der Waals surface area contributed by atoms with E-state index in [1.165, 1.54) is 0 Å². The molecule has 1 aliphatic rings. The van der Waals surface area contributed by atoms with Crippen LogP contribution < -0.4 is 5.73 Å². The number of carbonyl (C=O) groups is 1. The number of aromatic nitrogens is 2. The Balaban J connectivity index is 1.99. The summed E-state index contributed by atoms with van der Waals surface area (Å²) in [4.78, 5) is 20.2. The highest BCUT2D eigenvalue weighted by Gasteiger charge is 2.36. The van der Waals surface area contributed by atoms with E-state index in [9.17, 15) is 4.79 Å². The Morgan fingerprint density at radius 2 is 2.12 bits per heavy atom. The summed E-state index contributed by atoms with van der Waals surface area (Å²) in [7, 11) is 0. The molecule has 0 spiro atoms. The van der Waals surface area contributed by atoms with Gasteiger partial charge in [-0.3, -0.25) is 14.8 Å². The molecular formula is C18H20ClN3O2. The van der Waals surface area contributed by atoms with Crippen LogP contribution in [0.5, 0.6) is 0 Å². The first-order valence-corrected chi connectivity index (χ1v) is 8.40. The zero-order valence-corrected chi connectivity index (χ0v) is 14.0. The molecule has 0 aliphatic carbocycles. The molecule has 1 aliphatic heterocycles. The molecule has 3 unspecified atom stereocenters. The Morgan fingerprint density at radius 3 is 2.79 bits per heavy atom. The maximum absolute atomic E-state index is 11.5. The van der Waals surface area contributed by atoms with Crippen LogP contribution in [0.4, 0.5) is 0 Å². The first-order chi connectivity index (χ1) is 11.6. The molecule has 1 saturated heterocycles. The summed E-state index contributed by atoms with van der Waals surface area (Å²) in [6, 6.07) is 7.73. The van der Waals surface area contributed by atoms with Crippen LogP contribution in [0.3, 0.4) is 0 Å². The van der Waals surface area contributed by atoms with E-state index in [-0.39, 0.29) is 23.7 Å². The third-order valence-electron chi connectivity index (χ3n) is 4.57. The number of rotatable bonds is 5. The SMILES string of the molecule is NC(=O)CC1CCOCC1C(c1ccc(Cl)cc1)c1cnccn1. The summed E-state index contributed by atoms with van der Waals surface area (Å²) in [6.07, 6.45) is 6.29. The minimum absolute atomic E-state index is 0.0133. The first kappa shape index (κ1) is 16.9. The standard InChI is InChI=1S/C18H20ClN3O2/c19-14-3-1-12(2-4-14)18(16-10-21-6-7-22-16)15-11-24-8-5-13(15)9-17(20)23/h1-4,6-7,10,13,15,18H,5,8-9,11H2,(H2,20,23). The van der Waals surface area contributed by atoms with Crippen LogP contribution in [0.15, 0.2) is 42.9 Å². The van der Waals surface area contributed by atoms with Gasteiger partial charge >= 0.3 is 0 Å². The molecule has 3 atom stereocenters. The van der Waals surface area contributed by atoms with Crippen molar-refractivity contribution in [2.24, 2.45) is 17.6 Å². The van der Waals surface area contributed by atoms with Gasteiger partial charge in [-0.1, -0.05) is 23.7 Å². The molecule has 1 amide bonds. The molecule has 126 valence electrons. The number of amides is 1. The molecule has 1 aromatic heterocycles. The topological polar surface area (TPSA) is 78.1 Å². The van der Waals surface area contributed by atoms with E-state index in [0.29, 0.717) is 24.7 Å². The van der Waals surface area contributed by atoms with E-state index >= 15 is 0 Å². The molecular weight excluding hydrogens is 326 g/mol. The number of hydrogen-bond donors (Lipinski definition) is 1. The van der Waals surface area contributed by atoms with E-state index in [1.807, 2.05) is 24.3 Å². The number of benzene rings is 1. The van der Waals surface area contributed by atoms with E-state index in [0.717, 1.165) is 17.7 Å². The smallest absolute Gasteiger partial charge is 0.217 e. The van der Waals surface area contributed by atoms with Gasteiger partial charge in [0.1, 0.15) is 0 Å². The summed E-state index contributed by atoms with van der Waals surface area (Å²) in [5.41, 5.74) is 7.41. The molecule has 5 nitrogen and oxygen atoms in total. The van der Waals surface area contributed by atoms with E-state index in [1.54, 1.807) is 18.6 Å². The number of ether oxygens (including phenoxy) is 1. The van der Waals surface area contributed by atoms with Crippen LogP contribution in [-0.2, 0) is 9.53 Å². The molecule has 3 rings (SSSR count). The van der Waals surface area contributed by atoms with Gasteiger partial charge in [0.05, 0.1) is 12.3 Å². The van der Waals surface area contributed by atoms with Crippen molar-refractivity contribution in [2.75, 3.05) is 13.2 Å². The lowest BCUT2D eigenvalue weighted by atomic mass is 9.73. The van der Waals surface area contributed by atoms with Crippen molar-refractivity contribution in [1.29, 1.82) is 0 Å². The fourth-order valence-electron chi connectivity index (χ4n) is 3.46. The largest absolute Gasteiger partial charge is 0.381 e. The predicted molar refractivity (Wildman–Crippen MR) is 91.6 cm³/mol. The Labute approximate surface area is 146 Å². The van der Waals surface area contributed by atoms with Crippen LogP contribution in [0, 0.1) is 11.8 Å². The fourth-order valence-corrected chi connectivity index (χ4v) is 3.59. The summed E-state index contributed by atoms with van der Waals surface area (Å²) >= 11 is 6.03. The summed E-state index contributed by atoms with van der Waals surface area (Å²) in [5.74, 6) is -0.00965. The molecule has 24 heavy (non-hydrogen) atoms. The van der Waals surface area contributed by atoms with Crippen LogP contribution in [0.25, 0.3) is 0 Å². The van der Waals surface area contributed by atoms with Gasteiger partial charge in [-0.15, -0.1) is 0 Å². The van der Waals surface area contributed by atoms with Gasteiger partial charge in [-0.25, -0.2) is 0 Å². The quantitative estimate of drug-likeness (QED) is 0.903. The minimum Gasteiger partial charge on any atom is -0.381 e. The van der Waals surface area contributed by atoms with E-state index in [2.05, 4.69) is 9.97 Å². The van der Waals surface area contributed by atoms with Crippen molar-refractivity contribution in [1.82, 2.24) is 9.97 Å². The van der Waals surface area contributed by atoms with Gasteiger partial charge in [-0.05, 0) is 36.0 Å². The molecule has 1 fully saturated rings. The zero-order chi connectivity index (χ0) is 16.9. The summed E-state index contributed by atoms with van der Waals surface area (Å²) in [5, 5.41) is 0.685. The highest BCUT2D eigenvalue weighted by Crippen LogP contribution is 2.40. The molecule has 6 heteroatoms. The lowest BCUT2D eigenvalue weighted by Gasteiger charge is -2.36. The van der Waals surface area contributed by atoms with Crippen molar-refractivity contribution in [3.8, 4) is 0 Å². The lowest BCUT2D eigenvalue weighted by molar-refractivity contribution is -0.120. The highest BCUT2D eigenvalue weighted by molar-refractivity contribution is 6.30. The van der Waals surface area contributed by atoms with Gasteiger partial charge in [0.2, 0.25) is 5.91 Å². The highest BCUT2D eigenvalue weighted by atomic mass is 35.5. The second-order valence-electron chi connectivity index (χ2n) is 6.12. The zero-order valence-electron chi connectivity index (χ0n) is 13.3. The molecule has 2 heterocycles. The Hall–Kier alpha value is -1.98. The van der Waals surface area contributed by atoms with Crippen molar-refractivity contribution >= 4 is 17.5 Å². The van der Waals surface area contributed by atoms with Gasteiger partial charge in [0, 0.05) is 42.6 Å². The molecule has 0 radical (unpaired) electrons. The predicted octanol–water partition coefficient (Wildman–Crippen LogP) is 2.79. The number of primary amides is 1. The average Bonchev–Trinajstić information content (AvgIpc) is 2.59. The van der Waals surface area contributed by atoms with Crippen LogP contribution >= 0.6 is 11.6 Å². The molecule has 2 N–H and O–H groups in total. The Bertz CT molecular complexity index is 678. The number of nitrogens with zero attached hydrogens (tertiary/aromatic N) is 2. The van der Waals surface area contributed by atoms with Gasteiger partial charge in [0.25, 0.3) is 0 Å². The molecule has 1 aromatic carbocycles. The van der Waals surface area contributed by atoms with Gasteiger partial charge in [0.15, 0.2) is 0 Å². The lowest BCUT2D eigenvalue weighted by Crippen LogP contribution is -2.35. The van der Waals surface area contributed by atoms with Crippen LogP contribution in [-0.4, -0.2) is 29.1 Å². The Morgan fingerprint density at radius 1 is 1.33 bits per heavy atom. The van der Waals surface area contributed by atoms with Gasteiger partial charge < -0.3 is 10.5 Å². The maximum Gasteiger partial charge on any atom is 0.217 e. The van der Waals surface area contributed by atoms with E-state index < -0.39 is 0 Å². The fraction of sp³-hybridized carbons (Fsp3) is 0.389. The third kappa shape index (κ3) is 3.91. The average molecular weight is 346 g/mol. The van der Waals surface area contributed by atoms with Crippen LogP contribution in [0.2, 0.25) is 5.02 Å². The molecule has 0 saturated carbocycles. The second-order valence-corrected chi connectivity index (χ2v) is 6.55. The summed E-state index contributed by atoms with van der Waals surface area (Å²) in [6.45, 7) is 1.23. The number of hydrogen-bond acceptors (Lipinski definition) is 4.